The van der Waals surface area contributed by atoms with Crippen LogP contribution >= 0.6 is 22.9 Å². The number of hydrazone groups is 1. The molecule has 10 nitrogen and oxygen atoms in total. The third-order valence-electron chi connectivity index (χ3n) is 3.88. The lowest BCUT2D eigenvalue weighted by atomic mass is 10.2. The van der Waals surface area contributed by atoms with E-state index < -0.39 is 10.8 Å². The van der Waals surface area contributed by atoms with Gasteiger partial charge in [0.1, 0.15) is 11.5 Å². The van der Waals surface area contributed by atoms with Gasteiger partial charge in [0.25, 0.3) is 0 Å². The van der Waals surface area contributed by atoms with Crippen molar-refractivity contribution < 1.29 is 14.4 Å². The van der Waals surface area contributed by atoms with Crippen molar-refractivity contribution in [1.29, 1.82) is 0 Å². The minimum Gasteiger partial charge on any atom is -0.494 e. The highest BCUT2D eigenvalue weighted by Crippen LogP contribution is 2.34. The van der Waals surface area contributed by atoms with E-state index in [1.54, 1.807) is 29.3 Å². The van der Waals surface area contributed by atoms with Crippen LogP contribution in [-0.2, 0) is 6.54 Å². The number of halogens is 1. The normalized spacial score (nSPS) is 14.0. The molecule has 1 aromatic heterocycles. The standard InChI is InChI=1S/C16H17ClN6O4S/c1-26-11-4-3-5-12(27-2)13(11)20-21-15(23(24)25)14-18-6-7-22(14)9-10-8-19-16(17)28-10/h3-5,8,20H,6-7,9H2,1-2H3/b21-15-. The van der Waals surface area contributed by atoms with Gasteiger partial charge in [0.15, 0.2) is 10.2 Å². The van der Waals surface area contributed by atoms with Gasteiger partial charge in [0.2, 0.25) is 5.84 Å². The number of amidine groups is 2. The molecule has 0 aliphatic carbocycles. The minimum atomic E-state index is -0.578. The molecule has 12 heteroatoms. The average Bonchev–Trinajstić information content (AvgIpc) is 3.31. The molecule has 28 heavy (non-hydrogen) atoms. The van der Waals surface area contributed by atoms with Gasteiger partial charge >= 0.3 is 5.84 Å². The SMILES string of the molecule is COc1cccc(OC)c1N/N=C(/C1=NCCN1Cc1cnc(Cl)s1)[N+](=O)[O-]. The Bertz CT molecular complexity index is 909. The number of rotatable bonds is 7. The van der Waals surface area contributed by atoms with Crippen molar-refractivity contribution in [2.45, 2.75) is 6.54 Å². The summed E-state index contributed by atoms with van der Waals surface area (Å²) in [6.45, 7) is 1.39. The van der Waals surface area contributed by atoms with Crippen LogP contribution in [0.15, 0.2) is 34.5 Å². The molecule has 0 unspecified atom stereocenters. The summed E-state index contributed by atoms with van der Waals surface area (Å²) in [6, 6.07) is 5.13. The van der Waals surface area contributed by atoms with E-state index in [1.165, 1.54) is 25.6 Å². The fourth-order valence-electron chi connectivity index (χ4n) is 2.64. The van der Waals surface area contributed by atoms with Gasteiger partial charge in [-0.3, -0.25) is 4.99 Å². The maximum Gasteiger partial charge on any atom is 0.430 e. The number of thiazole rings is 1. The number of nitro groups is 1. The third-order valence-corrected chi connectivity index (χ3v) is 4.98. The molecule has 2 aromatic rings. The Morgan fingerprint density at radius 3 is 2.71 bits per heavy atom. The molecule has 2 heterocycles. The summed E-state index contributed by atoms with van der Waals surface area (Å²) in [4.78, 5) is 22.0. The predicted octanol–water partition coefficient (Wildman–Crippen LogP) is 2.73. The van der Waals surface area contributed by atoms with E-state index in [2.05, 4.69) is 20.5 Å². The van der Waals surface area contributed by atoms with Gasteiger partial charge in [0, 0.05) is 17.6 Å². The van der Waals surface area contributed by atoms with Crippen molar-refractivity contribution in [1.82, 2.24) is 9.88 Å². The number of hydrogen-bond donors (Lipinski definition) is 1. The molecule has 148 valence electrons. The summed E-state index contributed by atoms with van der Waals surface area (Å²) >= 11 is 7.18. The maximum absolute atomic E-state index is 11.7. The molecule has 1 aliphatic rings. The van der Waals surface area contributed by atoms with Crippen LogP contribution in [0.2, 0.25) is 4.47 Å². The van der Waals surface area contributed by atoms with E-state index in [0.29, 0.717) is 41.3 Å². The topological polar surface area (TPSA) is 114 Å². The summed E-state index contributed by atoms with van der Waals surface area (Å²) in [5, 5.41) is 15.6. The second-order valence-corrected chi connectivity index (χ2v) is 7.25. The number of para-hydroxylation sites is 1. The van der Waals surface area contributed by atoms with Gasteiger partial charge in [-0.1, -0.05) is 17.7 Å². The summed E-state index contributed by atoms with van der Waals surface area (Å²) in [6.07, 6.45) is 1.64. The van der Waals surface area contributed by atoms with Crippen molar-refractivity contribution >= 4 is 40.3 Å². The first-order chi connectivity index (χ1) is 13.5. The predicted molar refractivity (Wildman–Crippen MR) is 107 cm³/mol. The van der Waals surface area contributed by atoms with Crippen molar-refractivity contribution in [2.24, 2.45) is 10.1 Å². The number of nitrogens with zero attached hydrogens (tertiary/aromatic N) is 5. The van der Waals surface area contributed by atoms with Crippen molar-refractivity contribution in [2.75, 3.05) is 32.7 Å². The number of methoxy groups -OCH3 is 2. The van der Waals surface area contributed by atoms with E-state index in [0.717, 1.165) is 4.88 Å². The van der Waals surface area contributed by atoms with Gasteiger partial charge in [0.05, 0.1) is 32.4 Å². The number of benzene rings is 1. The molecular weight excluding hydrogens is 408 g/mol. The lowest BCUT2D eigenvalue weighted by Crippen LogP contribution is -2.37. The van der Waals surface area contributed by atoms with Crippen LogP contribution in [0, 0.1) is 10.1 Å². The zero-order valence-electron chi connectivity index (χ0n) is 15.1. The number of aromatic nitrogens is 1. The summed E-state index contributed by atoms with van der Waals surface area (Å²) in [7, 11) is 2.97. The van der Waals surface area contributed by atoms with Crippen LogP contribution < -0.4 is 14.9 Å². The molecule has 1 aromatic carbocycles. The van der Waals surface area contributed by atoms with Crippen LogP contribution in [0.25, 0.3) is 0 Å². The Hall–Kier alpha value is -2.92. The lowest BCUT2D eigenvalue weighted by molar-refractivity contribution is -0.346. The highest BCUT2D eigenvalue weighted by atomic mass is 35.5. The Kier molecular flexibility index (Phi) is 6.26. The molecule has 0 saturated heterocycles. The Morgan fingerprint density at radius 1 is 1.43 bits per heavy atom. The first-order valence-electron chi connectivity index (χ1n) is 8.12. The van der Waals surface area contributed by atoms with Crippen LogP contribution in [0.5, 0.6) is 11.5 Å². The van der Waals surface area contributed by atoms with Crippen LogP contribution in [0.3, 0.4) is 0 Å². The highest BCUT2D eigenvalue weighted by Gasteiger charge is 2.31. The fraction of sp³-hybridized carbons (Fsp3) is 0.312. The number of aliphatic imine (C=N–C) groups is 1. The molecule has 1 aliphatic heterocycles. The van der Waals surface area contributed by atoms with Crippen molar-refractivity contribution in [3.63, 3.8) is 0 Å². The zero-order valence-corrected chi connectivity index (χ0v) is 16.7. The minimum absolute atomic E-state index is 0.191. The number of nitrogens with one attached hydrogen (secondary N) is 1. The van der Waals surface area contributed by atoms with Gasteiger partial charge in [-0.2, -0.15) is 5.43 Å². The first kappa shape index (κ1) is 19.8. The Labute approximate surface area is 169 Å². The summed E-state index contributed by atoms with van der Waals surface area (Å²) < 4.78 is 11.0. The fourth-order valence-corrected chi connectivity index (χ4v) is 3.63. The molecule has 3 rings (SSSR count). The second kappa shape index (κ2) is 8.85. The van der Waals surface area contributed by atoms with E-state index in [4.69, 9.17) is 21.1 Å². The van der Waals surface area contributed by atoms with Gasteiger partial charge in [-0.25, -0.2) is 4.98 Å². The first-order valence-corrected chi connectivity index (χ1v) is 9.32. The van der Waals surface area contributed by atoms with Crippen molar-refractivity contribution in [3.8, 4) is 11.5 Å². The van der Waals surface area contributed by atoms with Crippen LogP contribution in [-0.4, -0.2) is 53.8 Å². The average molecular weight is 425 g/mol. The lowest BCUT2D eigenvalue weighted by Gasteiger charge is -2.16. The highest BCUT2D eigenvalue weighted by molar-refractivity contribution is 7.15. The third kappa shape index (κ3) is 4.31. The van der Waals surface area contributed by atoms with E-state index in [1.807, 2.05) is 0 Å². The Balaban J connectivity index is 1.86. The molecular formula is C16H17ClN6O4S. The number of hydrogen-bond acceptors (Lipinski definition) is 10. The maximum atomic E-state index is 11.7. The molecule has 0 bridgehead atoms. The summed E-state index contributed by atoms with van der Waals surface area (Å²) in [5.41, 5.74) is 3.07. The Morgan fingerprint density at radius 2 is 2.14 bits per heavy atom. The molecule has 0 radical (unpaired) electrons. The van der Waals surface area contributed by atoms with E-state index in [-0.39, 0.29) is 5.84 Å². The molecule has 0 amide bonds. The summed E-state index contributed by atoms with van der Waals surface area (Å²) in [5.74, 6) is 0.669. The van der Waals surface area contributed by atoms with Gasteiger partial charge in [-0.05, 0) is 17.1 Å². The molecule has 0 fully saturated rings. The van der Waals surface area contributed by atoms with Crippen LogP contribution in [0.1, 0.15) is 4.88 Å². The molecule has 0 atom stereocenters. The molecule has 0 saturated carbocycles. The van der Waals surface area contributed by atoms with E-state index >= 15 is 0 Å². The number of ether oxygens (including phenoxy) is 2. The van der Waals surface area contributed by atoms with Gasteiger partial charge < -0.3 is 24.5 Å². The zero-order chi connectivity index (χ0) is 20.1. The van der Waals surface area contributed by atoms with Crippen molar-refractivity contribution in [3.05, 3.63) is 43.9 Å². The quantitative estimate of drug-likeness (QED) is 0.314. The smallest absolute Gasteiger partial charge is 0.430 e. The number of anilines is 1. The monoisotopic (exact) mass is 424 g/mol. The second-order valence-electron chi connectivity index (χ2n) is 5.55. The largest absolute Gasteiger partial charge is 0.494 e. The van der Waals surface area contributed by atoms with Gasteiger partial charge in [-0.15, -0.1) is 11.3 Å². The van der Waals surface area contributed by atoms with E-state index in [9.17, 15) is 10.1 Å². The molecule has 1 N–H and O–H groups in total. The van der Waals surface area contributed by atoms with Crippen LogP contribution in [0.4, 0.5) is 5.69 Å². The molecule has 0 spiro atoms.